The standard InChI is InChI=1S/C21H30N4O2/c1-2-22-21(25-11-13-27-20(15-25)19-8-5-12-26-19)23-10-9-16-14-24-18-7-4-3-6-17(16)18/h3-4,6-7,14,19-20,24H,2,5,8-13,15H2,1H3,(H,22,23). The number of aliphatic imine (C=N–C) groups is 1. The average Bonchev–Trinajstić information content (AvgIpc) is 3.38. The first-order valence-electron chi connectivity index (χ1n) is 10.2. The zero-order valence-corrected chi connectivity index (χ0v) is 16.1. The summed E-state index contributed by atoms with van der Waals surface area (Å²) in [6.07, 6.45) is 5.67. The first-order chi connectivity index (χ1) is 13.3. The van der Waals surface area contributed by atoms with Crippen molar-refractivity contribution in [3.63, 3.8) is 0 Å². The number of aromatic nitrogens is 1. The van der Waals surface area contributed by atoms with Gasteiger partial charge in [-0.25, -0.2) is 0 Å². The van der Waals surface area contributed by atoms with Gasteiger partial charge in [0.25, 0.3) is 0 Å². The van der Waals surface area contributed by atoms with E-state index in [4.69, 9.17) is 14.5 Å². The Bertz CT molecular complexity index is 766. The molecule has 2 aliphatic heterocycles. The number of nitrogens with zero attached hydrogens (tertiary/aromatic N) is 2. The molecule has 0 radical (unpaired) electrons. The first-order valence-corrected chi connectivity index (χ1v) is 10.2. The smallest absolute Gasteiger partial charge is 0.194 e. The van der Waals surface area contributed by atoms with Crippen LogP contribution in [0, 0.1) is 0 Å². The summed E-state index contributed by atoms with van der Waals surface area (Å²) < 4.78 is 11.8. The number of para-hydroxylation sites is 1. The van der Waals surface area contributed by atoms with Crippen molar-refractivity contribution in [1.29, 1.82) is 0 Å². The Balaban J connectivity index is 1.40. The second kappa shape index (κ2) is 8.76. The molecule has 0 spiro atoms. The fourth-order valence-electron chi connectivity index (χ4n) is 4.04. The Hall–Kier alpha value is -2.05. The third kappa shape index (κ3) is 4.28. The normalized spacial score (nSPS) is 23.9. The van der Waals surface area contributed by atoms with Crippen molar-refractivity contribution < 1.29 is 9.47 Å². The lowest BCUT2D eigenvalue weighted by Crippen LogP contribution is -2.53. The zero-order chi connectivity index (χ0) is 18.5. The van der Waals surface area contributed by atoms with Crippen LogP contribution in [0.3, 0.4) is 0 Å². The molecule has 3 heterocycles. The quantitative estimate of drug-likeness (QED) is 0.627. The van der Waals surface area contributed by atoms with E-state index in [1.54, 1.807) is 0 Å². The molecule has 6 heteroatoms. The number of nitrogens with one attached hydrogen (secondary N) is 2. The van der Waals surface area contributed by atoms with Gasteiger partial charge in [-0.1, -0.05) is 18.2 Å². The average molecular weight is 370 g/mol. The minimum Gasteiger partial charge on any atom is -0.375 e. The second-order valence-electron chi connectivity index (χ2n) is 7.25. The number of aromatic amines is 1. The highest BCUT2D eigenvalue weighted by Crippen LogP contribution is 2.21. The van der Waals surface area contributed by atoms with E-state index < -0.39 is 0 Å². The van der Waals surface area contributed by atoms with Crippen LogP contribution in [0.4, 0.5) is 0 Å². The highest BCUT2D eigenvalue weighted by molar-refractivity contribution is 5.83. The Morgan fingerprint density at radius 1 is 1.26 bits per heavy atom. The number of H-pyrrole nitrogens is 1. The number of guanidine groups is 1. The summed E-state index contributed by atoms with van der Waals surface area (Å²) >= 11 is 0. The van der Waals surface area contributed by atoms with Crippen molar-refractivity contribution >= 4 is 16.9 Å². The van der Waals surface area contributed by atoms with Crippen molar-refractivity contribution in [3.8, 4) is 0 Å². The zero-order valence-electron chi connectivity index (χ0n) is 16.1. The lowest BCUT2D eigenvalue weighted by atomic mass is 10.1. The van der Waals surface area contributed by atoms with Crippen molar-refractivity contribution in [2.24, 2.45) is 4.99 Å². The third-order valence-electron chi connectivity index (χ3n) is 5.43. The van der Waals surface area contributed by atoms with Gasteiger partial charge in [0, 0.05) is 49.9 Å². The minimum atomic E-state index is 0.152. The Labute approximate surface area is 160 Å². The Morgan fingerprint density at radius 2 is 2.15 bits per heavy atom. The second-order valence-corrected chi connectivity index (χ2v) is 7.25. The third-order valence-corrected chi connectivity index (χ3v) is 5.43. The molecule has 2 saturated heterocycles. The maximum absolute atomic E-state index is 5.98. The monoisotopic (exact) mass is 370 g/mol. The number of ether oxygens (including phenoxy) is 2. The summed E-state index contributed by atoms with van der Waals surface area (Å²) in [7, 11) is 0. The molecule has 0 aliphatic carbocycles. The lowest BCUT2D eigenvalue weighted by molar-refractivity contribution is -0.0817. The van der Waals surface area contributed by atoms with Crippen LogP contribution in [0.5, 0.6) is 0 Å². The Morgan fingerprint density at radius 3 is 3.00 bits per heavy atom. The molecule has 2 aliphatic rings. The summed E-state index contributed by atoms with van der Waals surface area (Å²) in [6.45, 7) is 7.08. The number of rotatable bonds is 5. The highest BCUT2D eigenvalue weighted by atomic mass is 16.5. The molecule has 2 aromatic rings. The van der Waals surface area contributed by atoms with Gasteiger partial charge in [-0.15, -0.1) is 0 Å². The van der Waals surface area contributed by atoms with Crippen LogP contribution < -0.4 is 5.32 Å². The summed E-state index contributed by atoms with van der Waals surface area (Å²) in [4.78, 5) is 10.6. The molecule has 27 heavy (non-hydrogen) atoms. The van der Waals surface area contributed by atoms with Crippen LogP contribution in [0.2, 0.25) is 0 Å². The van der Waals surface area contributed by atoms with E-state index in [-0.39, 0.29) is 12.2 Å². The van der Waals surface area contributed by atoms with E-state index in [9.17, 15) is 0 Å². The first kappa shape index (κ1) is 18.3. The Kier molecular flexibility index (Phi) is 5.94. The molecule has 2 atom stereocenters. The predicted octanol–water partition coefficient (Wildman–Crippen LogP) is 2.56. The van der Waals surface area contributed by atoms with Gasteiger partial charge in [0.1, 0.15) is 6.10 Å². The van der Waals surface area contributed by atoms with Crippen molar-refractivity contribution in [2.75, 3.05) is 39.4 Å². The van der Waals surface area contributed by atoms with Gasteiger partial charge in [0.05, 0.1) is 12.7 Å². The van der Waals surface area contributed by atoms with Gasteiger partial charge in [-0.05, 0) is 37.8 Å². The van der Waals surface area contributed by atoms with E-state index in [2.05, 4.69) is 52.6 Å². The summed E-state index contributed by atoms with van der Waals surface area (Å²) in [5.41, 5.74) is 2.51. The van der Waals surface area contributed by atoms with Gasteiger partial charge < -0.3 is 24.7 Å². The van der Waals surface area contributed by atoms with Gasteiger partial charge in [0.15, 0.2) is 5.96 Å². The van der Waals surface area contributed by atoms with Crippen molar-refractivity contribution in [1.82, 2.24) is 15.2 Å². The molecule has 2 fully saturated rings. The molecule has 6 nitrogen and oxygen atoms in total. The maximum Gasteiger partial charge on any atom is 0.194 e. The van der Waals surface area contributed by atoms with Crippen molar-refractivity contribution in [3.05, 3.63) is 36.0 Å². The minimum absolute atomic E-state index is 0.152. The van der Waals surface area contributed by atoms with E-state index in [0.29, 0.717) is 0 Å². The number of morpholine rings is 1. The molecular weight excluding hydrogens is 340 g/mol. The fourth-order valence-corrected chi connectivity index (χ4v) is 4.04. The molecule has 2 N–H and O–H groups in total. The van der Waals surface area contributed by atoms with E-state index in [1.165, 1.54) is 16.5 Å². The number of hydrogen-bond acceptors (Lipinski definition) is 3. The molecule has 2 unspecified atom stereocenters. The van der Waals surface area contributed by atoms with Crippen LogP contribution in [-0.2, 0) is 15.9 Å². The summed E-state index contributed by atoms with van der Waals surface area (Å²) in [6, 6.07) is 8.44. The molecule has 146 valence electrons. The number of benzene rings is 1. The van der Waals surface area contributed by atoms with Gasteiger partial charge in [-0.2, -0.15) is 0 Å². The predicted molar refractivity (Wildman–Crippen MR) is 108 cm³/mol. The topological polar surface area (TPSA) is 61.9 Å². The van der Waals surface area contributed by atoms with E-state index in [0.717, 1.165) is 64.6 Å². The van der Waals surface area contributed by atoms with Crippen LogP contribution in [-0.4, -0.2) is 67.4 Å². The largest absolute Gasteiger partial charge is 0.375 e. The molecule has 1 aromatic heterocycles. The maximum atomic E-state index is 5.98. The summed E-state index contributed by atoms with van der Waals surface area (Å²) in [5.74, 6) is 0.989. The van der Waals surface area contributed by atoms with Crippen LogP contribution in [0.1, 0.15) is 25.3 Å². The molecule has 1 aromatic carbocycles. The SMILES string of the molecule is CCNC(=NCCc1c[nH]c2ccccc12)N1CCOC(C2CCCO2)C1. The fraction of sp³-hybridized carbons (Fsp3) is 0.571. The molecule has 0 saturated carbocycles. The molecule has 4 rings (SSSR count). The number of fused-ring (bicyclic) bond motifs is 1. The summed E-state index contributed by atoms with van der Waals surface area (Å²) in [5, 5.41) is 4.75. The number of hydrogen-bond donors (Lipinski definition) is 2. The van der Waals surface area contributed by atoms with Gasteiger partial charge in [0.2, 0.25) is 0 Å². The molecule has 0 amide bonds. The van der Waals surface area contributed by atoms with Gasteiger partial charge >= 0.3 is 0 Å². The van der Waals surface area contributed by atoms with E-state index in [1.807, 2.05) is 0 Å². The molecule has 0 bridgehead atoms. The van der Waals surface area contributed by atoms with Crippen molar-refractivity contribution in [2.45, 2.75) is 38.4 Å². The van der Waals surface area contributed by atoms with Crippen LogP contribution in [0.25, 0.3) is 10.9 Å². The van der Waals surface area contributed by atoms with Crippen LogP contribution in [0.15, 0.2) is 35.5 Å². The highest BCUT2D eigenvalue weighted by Gasteiger charge is 2.32. The molecular formula is C21H30N4O2. The van der Waals surface area contributed by atoms with Gasteiger partial charge in [-0.3, -0.25) is 4.99 Å². The van der Waals surface area contributed by atoms with Crippen LogP contribution >= 0.6 is 0 Å². The van der Waals surface area contributed by atoms with E-state index >= 15 is 0 Å². The lowest BCUT2D eigenvalue weighted by Gasteiger charge is -2.37.